The van der Waals surface area contributed by atoms with Crippen LogP contribution in [-0.4, -0.2) is 6.54 Å². The number of hydrogen-bond acceptors (Lipinski definition) is 2. The summed E-state index contributed by atoms with van der Waals surface area (Å²) < 4.78 is 0.905. The van der Waals surface area contributed by atoms with Gasteiger partial charge in [-0.1, -0.05) is 0 Å². The fourth-order valence-corrected chi connectivity index (χ4v) is 0.568. The molecule has 0 fully saturated rings. The number of rotatable bonds is 0. The molecule has 3 heteroatoms. The quantitative estimate of drug-likeness (QED) is 0.477. The standard InChI is InChI=1S/C3H4BrN2/c4-3-1-2-5-6-3/h5-6H,2H2. The zero-order valence-corrected chi connectivity index (χ0v) is 4.67. The summed E-state index contributed by atoms with van der Waals surface area (Å²) in [7, 11) is 0. The molecule has 0 saturated carbocycles. The van der Waals surface area contributed by atoms with Crippen LogP contribution in [0.5, 0.6) is 0 Å². The highest BCUT2D eigenvalue weighted by molar-refractivity contribution is 9.11. The van der Waals surface area contributed by atoms with Crippen LogP contribution in [0.15, 0.2) is 4.61 Å². The number of halogens is 1. The van der Waals surface area contributed by atoms with Crippen molar-refractivity contribution in [3.8, 4) is 0 Å². The van der Waals surface area contributed by atoms with E-state index in [0.717, 1.165) is 11.2 Å². The Morgan fingerprint density at radius 1 is 1.83 bits per heavy atom. The van der Waals surface area contributed by atoms with E-state index in [0.29, 0.717) is 0 Å². The van der Waals surface area contributed by atoms with Crippen LogP contribution in [-0.2, 0) is 0 Å². The maximum atomic E-state index is 3.17. The lowest BCUT2D eigenvalue weighted by molar-refractivity contribution is 0.721. The Labute approximate surface area is 44.7 Å². The summed E-state index contributed by atoms with van der Waals surface area (Å²) >= 11 is 3.17. The third-order valence-electron chi connectivity index (χ3n) is 0.530. The molecule has 1 aliphatic rings. The van der Waals surface area contributed by atoms with Crippen molar-refractivity contribution in [1.82, 2.24) is 10.9 Å². The largest absolute Gasteiger partial charge is 0.315 e. The number of nitrogens with one attached hydrogen (secondary N) is 2. The van der Waals surface area contributed by atoms with Gasteiger partial charge in [0.2, 0.25) is 0 Å². The van der Waals surface area contributed by atoms with Crippen LogP contribution in [0.25, 0.3) is 0 Å². The maximum Gasteiger partial charge on any atom is 0.0972 e. The lowest BCUT2D eigenvalue weighted by Gasteiger charge is -1.89. The molecule has 1 aliphatic heterocycles. The highest BCUT2D eigenvalue weighted by atomic mass is 79.9. The summed E-state index contributed by atoms with van der Waals surface area (Å²) in [5.41, 5.74) is 5.62. The first-order chi connectivity index (χ1) is 2.89. The predicted molar refractivity (Wildman–Crippen MR) is 26.8 cm³/mol. The van der Waals surface area contributed by atoms with Crippen molar-refractivity contribution in [2.45, 2.75) is 0 Å². The molecule has 0 bridgehead atoms. The van der Waals surface area contributed by atoms with Crippen LogP contribution in [0.1, 0.15) is 0 Å². The Balaban J connectivity index is 2.45. The molecule has 33 valence electrons. The first kappa shape index (κ1) is 4.15. The van der Waals surface area contributed by atoms with Crippen LogP contribution >= 0.6 is 15.9 Å². The van der Waals surface area contributed by atoms with Gasteiger partial charge in [0.15, 0.2) is 0 Å². The number of hydrazine groups is 1. The van der Waals surface area contributed by atoms with Crippen LogP contribution < -0.4 is 10.9 Å². The van der Waals surface area contributed by atoms with Crippen molar-refractivity contribution in [2.24, 2.45) is 0 Å². The summed E-state index contributed by atoms with van der Waals surface area (Å²) in [6, 6.07) is 0. The van der Waals surface area contributed by atoms with Crippen LogP contribution in [0.3, 0.4) is 0 Å². The van der Waals surface area contributed by atoms with Gasteiger partial charge < -0.3 is 5.43 Å². The second-order valence-corrected chi connectivity index (χ2v) is 1.76. The zero-order chi connectivity index (χ0) is 4.41. The van der Waals surface area contributed by atoms with Crippen molar-refractivity contribution >= 4 is 15.9 Å². The van der Waals surface area contributed by atoms with Crippen molar-refractivity contribution in [1.29, 1.82) is 0 Å². The van der Waals surface area contributed by atoms with Gasteiger partial charge in [-0.25, -0.2) is 5.43 Å². The number of hydrogen-bond donors (Lipinski definition) is 2. The van der Waals surface area contributed by atoms with Crippen LogP contribution in [0.2, 0.25) is 0 Å². The van der Waals surface area contributed by atoms with E-state index in [1.807, 2.05) is 0 Å². The molecule has 0 aromatic carbocycles. The monoisotopic (exact) mass is 147 g/mol. The molecule has 0 unspecified atom stereocenters. The highest BCUT2D eigenvalue weighted by Crippen LogP contribution is 1.98. The molecule has 1 rings (SSSR count). The molecular weight excluding hydrogens is 144 g/mol. The smallest absolute Gasteiger partial charge is 0.0972 e. The predicted octanol–water partition coefficient (Wildman–Crippen LogP) is 0.134. The molecule has 0 amide bonds. The first-order valence-electron chi connectivity index (χ1n) is 1.65. The Morgan fingerprint density at radius 3 is 2.83 bits per heavy atom. The van der Waals surface area contributed by atoms with Gasteiger partial charge in [0.1, 0.15) is 0 Å². The van der Waals surface area contributed by atoms with Crippen molar-refractivity contribution in [3.05, 3.63) is 10.7 Å². The lowest BCUT2D eigenvalue weighted by atomic mass is 10.7. The molecule has 0 atom stereocenters. The summed E-state index contributed by atoms with van der Waals surface area (Å²) in [6.45, 7) is 0.792. The van der Waals surface area contributed by atoms with E-state index < -0.39 is 0 Å². The van der Waals surface area contributed by atoms with E-state index in [-0.39, 0.29) is 0 Å². The minimum absolute atomic E-state index is 0.792. The van der Waals surface area contributed by atoms with Crippen molar-refractivity contribution < 1.29 is 0 Å². The Bertz CT molecular complexity index is 78.9. The Hall–Kier alpha value is -0.0200. The average Bonchev–Trinajstić information content (AvgIpc) is 1.86. The van der Waals surface area contributed by atoms with E-state index in [2.05, 4.69) is 32.9 Å². The molecule has 2 N–H and O–H groups in total. The first-order valence-corrected chi connectivity index (χ1v) is 2.44. The van der Waals surface area contributed by atoms with Crippen molar-refractivity contribution in [3.63, 3.8) is 0 Å². The Kier molecular flexibility index (Phi) is 1.12. The van der Waals surface area contributed by atoms with Gasteiger partial charge in [0.05, 0.1) is 4.61 Å². The molecule has 6 heavy (non-hydrogen) atoms. The molecule has 0 aromatic heterocycles. The zero-order valence-electron chi connectivity index (χ0n) is 3.09. The fourth-order valence-electron chi connectivity index (χ4n) is 0.288. The van der Waals surface area contributed by atoms with Gasteiger partial charge in [-0.3, -0.25) is 0 Å². The van der Waals surface area contributed by atoms with Gasteiger partial charge in [-0.05, 0) is 15.9 Å². The molecule has 0 aliphatic carbocycles. The Morgan fingerprint density at radius 2 is 2.67 bits per heavy atom. The fraction of sp³-hybridized carbons (Fsp3) is 0.333. The highest BCUT2D eigenvalue weighted by Gasteiger charge is 1.93. The second-order valence-electron chi connectivity index (χ2n) is 0.969. The normalized spacial score (nSPS) is 19.8. The molecule has 0 aromatic rings. The summed E-state index contributed by atoms with van der Waals surface area (Å²) in [5.74, 6) is 0. The minimum Gasteiger partial charge on any atom is -0.315 e. The van der Waals surface area contributed by atoms with Gasteiger partial charge in [-0.2, -0.15) is 0 Å². The van der Waals surface area contributed by atoms with E-state index >= 15 is 0 Å². The van der Waals surface area contributed by atoms with Crippen molar-refractivity contribution in [2.75, 3.05) is 6.54 Å². The average molecular weight is 148 g/mol. The molecule has 0 saturated heterocycles. The maximum absolute atomic E-state index is 3.17. The van der Waals surface area contributed by atoms with E-state index in [4.69, 9.17) is 0 Å². The van der Waals surface area contributed by atoms with Gasteiger partial charge in [0, 0.05) is 12.6 Å². The van der Waals surface area contributed by atoms with Gasteiger partial charge >= 0.3 is 0 Å². The topological polar surface area (TPSA) is 24.1 Å². The molecule has 1 radical (unpaired) electrons. The SMILES string of the molecule is BrC1=[C]CNN1. The molecule has 2 nitrogen and oxygen atoms in total. The van der Waals surface area contributed by atoms with Gasteiger partial charge in [-0.15, -0.1) is 0 Å². The summed E-state index contributed by atoms with van der Waals surface area (Å²) in [6.07, 6.45) is 2.93. The second kappa shape index (κ2) is 1.62. The third kappa shape index (κ3) is 0.725. The molecular formula is C3H4BrN2. The van der Waals surface area contributed by atoms with E-state index in [1.54, 1.807) is 0 Å². The molecule has 1 heterocycles. The van der Waals surface area contributed by atoms with E-state index in [9.17, 15) is 0 Å². The molecule has 0 spiro atoms. The van der Waals surface area contributed by atoms with Crippen LogP contribution in [0.4, 0.5) is 0 Å². The minimum atomic E-state index is 0.792. The lowest BCUT2D eigenvalue weighted by Crippen LogP contribution is -2.21. The van der Waals surface area contributed by atoms with Crippen LogP contribution in [0, 0.1) is 6.08 Å². The summed E-state index contributed by atoms with van der Waals surface area (Å²) in [5, 5.41) is 0. The third-order valence-corrected chi connectivity index (χ3v) is 1.01. The summed E-state index contributed by atoms with van der Waals surface area (Å²) in [4.78, 5) is 0. The van der Waals surface area contributed by atoms with Gasteiger partial charge in [0.25, 0.3) is 0 Å². The van der Waals surface area contributed by atoms with E-state index in [1.165, 1.54) is 0 Å².